The van der Waals surface area contributed by atoms with Crippen LogP contribution in [0.5, 0.6) is 0 Å². The SMILES string of the molecule is COCCN1CCN(C(=O)N[C@@H](c2cccc(C)c2)c2cccs2)CC1. The number of hydrogen-bond acceptors (Lipinski definition) is 4. The summed E-state index contributed by atoms with van der Waals surface area (Å²) in [5.41, 5.74) is 2.32. The number of hydrogen-bond donors (Lipinski definition) is 1. The maximum Gasteiger partial charge on any atom is 0.318 e. The van der Waals surface area contributed by atoms with Gasteiger partial charge in [-0.3, -0.25) is 4.90 Å². The molecule has 2 aromatic rings. The molecular weight excluding hydrogens is 346 g/mol. The Balaban J connectivity index is 1.65. The molecule has 1 aliphatic heterocycles. The fourth-order valence-electron chi connectivity index (χ4n) is 3.23. The normalized spacial score (nSPS) is 16.5. The summed E-state index contributed by atoms with van der Waals surface area (Å²) in [6.45, 7) is 7.03. The summed E-state index contributed by atoms with van der Waals surface area (Å²) in [5, 5.41) is 5.30. The molecule has 1 N–H and O–H groups in total. The van der Waals surface area contributed by atoms with Crippen molar-refractivity contribution in [3.63, 3.8) is 0 Å². The van der Waals surface area contributed by atoms with Crippen LogP contribution in [0.15, 0.2) is 41.8 Å². The van der Waals surface area contributed by atoms with Crippen molar-refractivity contribution in [3.05, 3.63) is 57.8 Å². The number of carbonyl (C=O) groups is 1. The van der Waals surface area contributed by atoms with Gasteiger partial charge >= 0.3 is 6.03 Å². The molecule has 140 valence electrons. The second-order valence-corrected chi connectivity index (χ2v) is 7.61. The first-order valence-electron chi connectivity index (χ1n) is 9.04. The van der Waals surface area contributed by atoms with Crippen LogP contribution >= 0.6 is 11.3 Å². The highest BCUT2D eigenvalue weighted by molar-refractivity contribution is 7.10. The number of rotatable bonds is 6. The van der Waals surface area contributed by atoms with E-state index < -0.39 is 0 Å². The van der Waals surface area contributed by atoms with Crippen LogP contribution in [-0.2, 0) is 4.74 Å². The van der Waals surface area contributed by atoms with Crippen molar-refractivity contribution in [2.24, 2.45) is 0 Å². The Bertz CT molecular complexity index is 697. The van der Waals surface area contributed by atoms with E-state index in [9.17, 15) is 4.79 Å². The van der Waals surface area contributed by atoms with Gasteiger partial charge in [-0.25, -0.2) is 4.79 Å². The molecule has 0 radical (unpaired) electrons. The van der Waals surface area contributed by atoms with Crippen molar-refractivity contribution in [2.45, 2.75) is 13.0 Å². The zero-order chi connectivity index (χ0) is 18.4. The van der Waals surface area contributed by atoms with E-state index >= 15 is 0 Å². The molecule has 5 nitrogen and oxygen atoms in total. The molecule has 2 heterocycles. The molecule has 0 spiro atoms. The van der Waals surface area contributed by atoms with E-state index in [4.69, 9.17) is 4.74 Å². The number of nitrogens with zero attached hydrogens (tertiary/aromatic N) is 2. The Morgan fingerprint density at radius 1 is 1.23 bits per heavy atom. The van der Waals surface area contributed by atoms with Crippen LogP contribution in [0.25, 0.3) is 0 Å². The summed E-state index contributed by atoms with van der Waals surface area (Å²) in [6, 6.07) is 12.4. The zero-order valence-electron chi connectivity index (χ0n) is 15.5. The van der Waals surface area contributed by atoms with E-state index in [-0.39, 0.29) is 12.1 Å². The molecule has 1 fully saturated rings. The molecule has 6 heteroatoms. The lowest BCUT2D eigenvalue weighted by molar-refractivity contribution is 0.105. The molecule has 2 amide bonds. The Kier molecular flexibility index (Phi) is 6.66. The third kappa shape index (κ3) is 4.84. The fourth-order valence-corrected chi connectivity index (χ4v) is 4.04. The minimum atomic E-state index is -0.103. The largest absolute Gasteiger partial charge is 0.383 e. The quantitative estimate of drug-likeness (QED) is 0.846. The average Bonchev–Trinajstić information content (AvgIpc) is 3.19. The first kappa shape index (κ1) is 18.9. The van der Waals surface area contributed by atoms with Gasteiger partial charge in [0.25, 0.3) is 0 Å². The van der Waals surface area contributed by atoms with Crippen LogP contribution in [0.1, 0.15) is 22.0 Å². The van der Waals surface area contributed by atoms with Crippen molar-refractivity contribution in [1.82, 2.24) is 15.1 Å². The minimum absolute atomic E-state index is 0.0105. The highest BCUT2D eigenvalue weighted by atomic mass is 32.1. The predicted octanol–water partition coefficient (Wildman–Crippen LogP) is 3.12. The Morgan fingerprint density at radius 3 is 2.69 bits per heavy atom. The van der Waals surface area contributed by atoms with Gasteiger partial charge in [-0.15, -0.1) is 11.3 Å². The van der Waals surface area contributed by atoms with Crippen LogP contribution in [0.2, 0.25) is 0 Å². The smallest absolute Gasteiger partial charge is 0.318 e. The van der Waals surface area contributed by atoms with Crippen LogP contribution in [0, 0.1) is 6.92 Å². The van der Waals surface area contributed by atoms with Gasteiger partial charge in [0.2, 0.25) is 0 Å². The molecule has 1 aliphatic rings. The maximum atomic E-state index is 12.9. The molecule has 0 saturated carbocycles. The van der Waals surface area contributed by atoms with Gasteiger partial charge in [0, 0.05) is 44.7 Å². The molecule has 1 saturated heterocycles. The van der Waals surface area contributed by atoms with Crippen LogP contribution in [0.4, 0.5) is 4.79 Å². The Labute approximate surface area is 159 Å². The number of thiophene rings is 1. The fraction of sp³-hybridized carbons (Fsp3) is 0.450. The molecule has 26 heavy (non-hydrogen) atoms. The summed E-state index contributed by atoms with van der Waals surface area (Å²) < 4.78 is 5.14. The molecule has 1 aromatic heterocycles. The molecule has 1 aromatic carbocycles. The van der Waals surface area contributed by atoms with Gasteiger partial charge in [-0.1, -0.05) is 35.9 Å². The number of piperazine rings is 1. The number of ether oxygens (including phenoxy) is 1. The second-order valence-electron chi connectivity index (χ2n) is 6.63. The number of methoxy groups -OCH3 is 1. The van der Waals surface area contributed by atoms with E-state index in [1.807, 2.05) is 17.0 Å². The van der Waals surface area contributed by atoms with Gasteiger partial charge < -0.3 is 15.0 Å². The highest BCUT2D eigenvalue weighted by Gasteiger charge is 2.24. The number of aryl methyl sites for hydroxylation is 1. The van der Waals surface area contributed by atoms with Crippen LogP contribution in [-0.4, -0.2) is 62.3 Å². The maximum absolute atomic E-state index is 12.9. The number of amides is 2. The van der Waals surface area contributed by atoms with Gasteiger partial charge in [-0.05, 0) is 23.9 Å². The Hall–Kier alpha value is -1.89. The van der Waals surface area contributed by atoms with Crippen molar-refractivity contribution < 1.29 is 9.53 Å². The first-order valence-corrected chi connectivity index (χ1v) is 9.92. The van der Waals surface area contributed by atoms with E-state index in [1.165, 1.54) is 5.56 Å². The van der Waals surface area contributed by atoms with Crippen LogP contribution in [0.3, 0.4) is 0 Å². The second kappa shape index (κ2) is 9.16. The summed E-state index contributed by atoms with van der Waals surface area (Å²) in [4.78, 5) is 18.3. The Morgan fingerprint density at radius 2 is 2.04 bits per heavy atom. The van der Waals surface area contributed by atoms with Crippen LogP contribution < -0.4 is 5.32 Å². The number of benzene rings is 1. The van der Waals surface area contributed by atoms with E-state index in [0.717, 1.165) is 49.8 Å². The topological polar surface area (TPSA) is 44.8 Å². The van der Waals surface area contributed by atoms with Crippen molar-refractivity contribution in [1.29, 1.82) is 0 Å². The van der Waals surface area contributed by atoms with E-state index in [0.29, 0.717) is 0 Å². The lowest BCUT2D eigenvalue weighted by atomic mass is 10.0. The molecule has 3 rings (SSSR count). The van der Waals surface area contributed by atoms with E-state index in [2.05, 4.69) is 46.8 Å². The van der Waals surface area contributed by atoms with Crippen molar-refractivity contribution >= 4 is 17.4 Å². The lowest BCUT2D eigenvalue weighted by Crippen LogP contribution is -2.52. The first-order chi connectivity index (χ1) is 12.7. The third-order valence-electron chi connectivity index (χ3n) is 4.74. The monoisotopic (exact) mass is 373 g/mol. The number of urea groups is 1. The third-order valence-corrected chi connectivity index (χ3v) is 5.68. The summed E-state index contributed by atoms with van der Waals surface area (Å²) in [7, 11) is 1.72. The van der Waals surface area contributed by atoms with Crippen molar-refractivity contribution in [3.8, 4) is 0 Å². The summed E-state index contributed by atoms with van der Waals surface area (Å²) in [6.07, 6.45) is 0. The summed E-state index contributed by atoms with van der Waals surface area (Å²) in [5.74, 6) is 0. The standard InChI is InChI=1S/C20H27N3O2S/c1-16-5-3-6-17(15-16)19(18-7-4-14-26-18)21-20(24)23-10-8-22(9-11-23)12-13-25-2/h3-7,14-15,19H,8-13H2,1-2H3,(H,21,24)/t19-/m0/s1. The zero-order valence-corrected chi connectivity index (χ0v) is 16.3. The average molecular weight is 374 g/mol. The lowest BCUT2D eigenvalue weighted by Gasteiger charge is -2.35. The van der Waals surface area contributed by atoms with Gasteiger partial charge in [0.05, 0.1) is 12.6 Å². The molecule has 0 bridgehead atoms. The summed E-state index contributed by atoms with van der Waals surface area (Å²) >= 11 is 1.67. The molecule has 0 unspecified atom stereocenters. The molecule has 1 atom stereocenters. The van der Waals surface area contributed by atoms with Gasteiger partial charge in [0.15, 0.2) is 0 Å². The van der Waals surface area contributed by atoms with Gasteiger partial charge in [-0.2, -0.15) is 0 Å². The highest BCUT2D eigenvalue weighted by Crippen LogP contribution is 2.27. The number of carbonyl (C=O) groups excluding carboxylic acids is 1. The molecular formula is C20H27N3O2S. The predicted molar refractivity (Wildman–Crippen MR) is 106 cm³/mol. The van der Waals surface area contributed by atoms with E-state index in [1.54, 1.807) is 18.4 Å². The number of nitrogens with one attached hydrogen (secondary N) is 1. The van der Waals surface area contributed by atoms with Crippen molar-refractivity contribution in [2.75, 3.05) is 46.4 Å². The van der Waals surface area contributed by atoms with Gasteiger partial charge in [0.1, 0.15) is 0 Å². The molecule has 0 aliphatic carbocycles. The minimum Gasteiger partial charge on any atom is -0.383 e.